The van der Waals surface area contributed by atoms with E-state index in [9.17, 15) is 0 Å². The molecule has 0 aromatic rings. The fraction of sp³-hybridized carbons (Fsp3) is 1.00. The second kappa shape index (κ2) is 2.46. The third-order valence-electron chi connectivity index (χ3n) is 2.97. The van der Waals surface area contributed by atoms with Crippen LogP contribution in [-0.4, -0.2) is 30.1 Å². The molecule has 0 amide bonds. The minimum absolute atomic E-state index is 0.231. The molecule has 1 heterocycles. The molecule has 1 aliphatic heterocycles. The smallest absolute Gasteiger partial charge is 0.0440 e. The van der Waals surface area contributed by atoms with Crippen LogP contribution in [0.3, 0.4) is 0 Å². The van der Waals surface area contributed by atoms with Gasteiger partial charge in [0, 0.05) is 18.6 Å². The van der Waals surface area contributed by atoms with E-state index in [1.54, 1.807) is 0 Å². The molecule has 0 spiro atoms. The summed E-state index contributed by atoms with van der Waals surface area (Å²) in [6.07, 6.45) is 4.04. The lowest BCUT2D eigenvalue weighted by atomic mass is 9.86. The van der Waals surface area contributed by atoms with Crippen molar-refractivity contribution in [3.63, 3.8) is 0 Å². The third-order valence-corrected chi connectivity index (χ3v) is 2.97. The first-order valence-corrected chi connectivity index (χ1v) is 4.76. The van der Waals surface area contributed by atoms with Gasteiger partial charge < -0.3 is 5.73 Å². The first kappa shape index (κ1) is 7.56. The molecule has 1 aliphatic carbocycles. The van der Waals surface area contributed by atoms with Crippen LogP contribution >= 0.6 is 0 Å². The van der Waals surface area contributed by atoms with Crippen molar-refractivity contribution in [3.8, 4) is 0 Å². The summed E-state index contributed by atoms with van der Waals surface area (Å²) in [7, 11) is 0. The predicted molar refractivity (Wildman–Crippen MR) is 46.4 cm³/mol. The van der Waals surface area contributed by atoms with Crippen molar-refractivity contribution < 1.29 is 0 Å². The second-order valence-electron chi connectivity index (χ2n) is 4.22. The monoisotopic (exact) mass is 154 g/mol. The van der Waals surface area contributed by atoms with E-state index in [1.807, 2.05) is 0 Å². The molecule has 1 saturated heterocycles. The molecule has 2 nitrogen and oxygen atoms in total. The summed E-state index contributed by atoms with van der Waals surface area (Å²) in [6.45, 7) is 5.79. The number of nitrogens with zero attached hydrogens (tertiary/aromatic N) is 1. The molecule has 0 radical (unpaired) electrons. The standard InChI is InChI=1S/C9H18N2/c1-2-5-11-6-9(10,7-11)8-3-4-8/h8H,2-7,10H2,1H3. The molecule has 2 heteroatoms. The summed E-state index contributed by atoms with van der Waals surface area (Å²) >= 11 is 0. The van der Waals surface area contributed by atoms with Crippen LogP contribution in [0.2, 0.25) is 0 Å². The van der Waals surface area contributed by atoms with Crippen molar-refractivity contribution in [2.45, 2.75) is 31.7 Å². The van der Waals surface area contributed by atoms with Crippen LogP contribution in [0.4, 0.5) is 0 Å². The zero-order chi connectivity index (χ0) is 7.90. The van der Waals surface area contributed by atoms with Gasteiger partial charge in [0.25, 0.3) is 0 Å². The summed E-state index contributed by atoms with van der Waals surface area (Å²) in [5, 5.41) is 0. The Morgan fingerprint density at radius 1 is 1.45 bits per heavy atom. The van der Waals surface area contributed by atoms with Crippen LogP contribution in [-0.2, 0) is 0 Å². The Morgan fingerprint density at radius 3 is 2.55 bits per heavy atom. The van der Waals surface area contributed by atoms with Gasteiger partial charge in [-0.3, -0.25) is 4.90 Å². The van der Waals surface area contributed by atoms with E-state index in [4.69, 9.17) is 5.73 Å². The van der Waals surface area contributed by atoms with Gasteiger partial charge in [-0.05, 0) is 31.7 Å². The maximum atomic E-state index is 6.19. The first-order chi connectivity index (χ1) is 5.24. The number of rotatable bonds is 3. The SMILES string of the molecule is CCCN1CC(N)(C2CC2)C1. The molecule has 2 fully saturated rings. The van der Waals surface area contributed by atoms with Gasteiger partial charge in [-0.25, -0.2) is 0 Å². The fourth-order valence-electron chi connectivity index (χ4n) is 2.18. The Balaban J connectivity index is 1.76. The molecule has 2 N–H and O–H groups in total. The van der Waals surface area contributed by atoms with E-state index in [0.29, 0.717) is 0 Å². The average Bonchev–Trinajstić information content (AvgIpc) is 2.65. The molecule has 0 atom stereocenters. The zero-order valence-electron chi connectivity index (χ0n) is 7.34. The molecule has 0 aromatic heterocycles. The van der Waals surface area contributed by atoms with Crippen LogP contribution in [0.1, 0.15) is 26.2 Å². The first-order valence-electron chi connectivity index (χ1n) is 4.76. The molecule has 1 saturated carbocycles. The van der Waals surface area contributed by atoms with Crippen molar-refractivity contribution in [3.05, 3.63) is 0 Å². The van der Waals surface area contributed by atoms with Crippen LogP contribution in [0.15, 0.2) is 0 Å². The Morgan fingerprint density at radius 2 is 2.09 bits per heavy atom. The summed E-state index contributed by atoms with van der Waals surface area (Å²) in [6, 6.07) is 0. The molecular formula is C9H18N2. The van der Waals surface area contributed by atoms with Crippen LogP contribution < -0.4 is 5.73 Å². The normalized spacial score (nSPS) is 30.0. The topological polar surface area (TPSA) is 29.3 Å². The van der Waals surface area contributed by atoms with E-state index in [1.165, 1.54) is 25.8 Å². The second-order valence-corrected chi connectivity index (χ2v) is 4.22. The van der Waals surface area contributed by atoms with Crippen LogP contribution in [0.25, 0.3) is 0 Å². The van der Waals surface area contributed by atoms with E-state index in [-0.39, 0.29) is 5.54 Å². The van der Waals surface area contributed by atoms with Crippen molar-refractivity contribution in [2.24, 2.45) is 11.7 Å². The molecule has 2 aliphatic rings. The summed E-state index contributed by atoms with van der Waals surface area (Å²) < 4.78 is 0. The van der Waals surface area contributed by atoms with Gasteiger partial charge in [0.1, 0.15) is 0 Å². The third kappa shape index (κ3) is 1.30. The largest absolute Gasteiger partial charge is 0.323 e. The van der Waals surface area contributed by atoms with Gasteiger partial charge in [-0.1, -0.05) is 6.92 Å². The zero-order valence-corrected chi connectivity index (χ0v) is 7.34. The molecule has 0 bridgehead atoms. The summed E-state index contributed by atoms with van der Waals surface area (Å²) in [4.78, 5) is 2.47. The summed E-state index contributed by atoms with van der Waals surface area (Å²) in [5.41, 5.74) is 6.42. The maximum Gasteiger partial charge on any atom is 0.0440 e. The van der Waals surface area contributed by atoms with Gasteiger partial charge in [0.2, 0.25) is 0 Å². The Bertz CT molecular complexity index is 146. The van der Waals surface area contributed by atoms with Crippen LogP contribution in [0.5, 0.6) is 0 Å². The van der Waals surface area contributed by atoms with Gasteiger partial charge in [-0.2, -0.15) is 0 Å². The van der Waals surface area contributed by atoms with E-state index < -0.39 is 0 Å². The predicted octanol–water partition coefficient (Wildman–Crippen LogP) is 0.819. The maximum absolute atomic E-state index is 6.19. The van der Waals surface area contributed by atoms with E-state index in [0.717, 1.165) is 19.0 Å². The molecule has 2 rings (SSSR count). The number of likely N-dealkylation sites (tertiary alicyclic amines) is 1. The minimum atomic E-state index is 0.231. The molecular weight excluding hydrogens is 136 g/mol. The quantitative estimate of drug-likeness (QED) is 0.652. The van der Waals surface area contributed by atoms with Gasteiger partial charge in [-0.15, -0.1) is 0 Å². The Hall–Kier alpha value is -0.0800. The lowest BCUT2D eigenvalue weighted by molar-refractivity contribution is 0.0551. The van der Waals surface area contributed by atoms with Crippen molar-refractivity contribution in [2.75, 3.05) is 19.6 Å². The summed E-state index contributed by atoms with van der Waals surface area (Å²) in [5.74, 6) is 0.871. The van der Waals surface area contributed by atoms with Crippen molar-refractivity contribution in [1.82, 2.24) is 4.90 Å². The number of hydrogen-bond donors (Lipinski definition) is 1. The van der Waals surface area contributed by atoms with Crippen molar-refractivity contribution >= 4 is 0 Å². The van der Waals surface area contributed by atoms with Crippen molar-refractivity contribution in [1.29, 1.82) is 0 Å². The highest BCUT2D eigenvalue weighted by Crippen LogP contribution is 2.42. The van der Waals surface area contributed by atoms with Gasteiger partial charge in [0.15, 0.2) is 0 Å². The highest BCUT2D eigenvalue weighted by Gasteiger charge is 2.49. The van der Waals surface area contributed by atoms with Gasteiger partial charge >= 0.3 is 0 Å². The number of nitrogens with two attached hydrogens (primary N) is 1. The van der Waals surface area contributed by atoms with Crippen LogP contribution in [0, 0.1) is 5.92 Å². The lowest BCUT2D eigenvalue weighted by Gasteiger charge is -2.48. The fourth-order valence-corrected chi connectivity index (χ4v) is 2.18. The molecule has 11 heavy (non-hydrogen) atoms. The highest BCUT2D eigenvalue weighted by atomic mass is 15.3. The average molecular weight is 154 g/mol. The van der Waals surface area contributed by atoms with E-state index in [2.05, 4.69) is 11.8 Å². The molecule has 0 unspecified atom stereocenters. The molecule has 64 valence electrons. The molecule has 0 aromatic carbocycles. The highest BCUT2D eigenvalue weighted by molar-refractivity contribution is 5.08. The minimum Gasteiger partial charge on any atom is -0.323 e. The Labute approximate surface area is 68.7 Å². The Kier molecular flexibility index (Phi) is 1.69. The number of hydrogen-bond acceptors (Lipinski definition) is 2. The van der Waals surface area contributed by atoms with E-state index >= 15 is 0 Å². The lowest BCUT2D eigenvalue weighted by Crippen LogP contribution is -2.68. The van der Waals surface area contributed by atoms with Gasteiger partial charge in [0.05, 0.1) is 0 Å².